The maximum absolute atomic E-state index is 12.2. The molecule has 2 N–H and O–H groups in total. The lowest BCUT2D eigenvalue weighted by Crippen LogP contribution is -2.37. The highest BCUT2D eigenvalue weighted by Crippen LogP contribution is 2.22. The zero-order valence-electron chi connectivity index (χ0n) is 14.9. The summed E-state index contributed by atoms with van der Waals surface area (Å²) in [4.78, 5) is 24.1. The van der Waals surface area contributed by atoms with Crippen LogP contribution in [0.1, 0.15) is 42.5 Å². The summed E-state index contributed by atoms with van der Waals surface area (Å²) in [5, 5.41) is 5.45. The number of carbonyl (C=O) groups is 2. The number of ether oxygens (including phenoxy) is 2. The van der Waals surface area contributed by atoms with Crippen LogP contribution >= 0.6 is 0 Å². The fourth-order valence-corrected chi connectivity index (χ4v) is 2.76. The molecule has 0 saturated carbocycles. The van der Waals surface area contributed by atoms with E-state index in [2.05, 4.69) is 16.7 Å². The molecular formula is C19H26N2O4. The topological polar surface area (TPSA) is 76.7 Å². The summed E-state index contributed by atoms with van der Waals surface area (Å²) in [5.41, 5.74) is 1.80. The van der Waals surface area contributed by atoms with Crippen molar-refractivity contribution in [2.75, 3.05) is 27.3 Å². The normalized spacial score (nSPS) is 13.6. The standard InChI is InChI=1S/C19H26N2O4/c1-24-16-10-15(11-17(12-16)25-2)19(23)21-13-18(22)20-9-8-14-6-4-3-5-7-14/h6,10-12H,3-5,7-9,13H2,1-2H3,(H,20,22)(H,21,23). The first-order valence-electron chi connectivity index (χ1n) is 8.58. The van der Waals surface area contributed by atoms with Crippen molar-refractivity contribution in [1.82, 2.24) is 10.6 Å². The SMILES string of the molecule is COc1cc(OC)cc(C(=O)NCC(=O)NCCC2=CCCCC2)c1. The zero-order valence-corrected chi connectivity index (χ0v) is 14.9. The Kier molecular flexibility index (Phi) is 7.32. The Morgan fingerprint density at radius 2 is 1.76 bits per heavy atom. The lowest BCUT2D eigenvalue weighted by Gasteiger charge is -2.13. The molecule has 2 amide bonds. The Morgan fingerprint density at radius 3 is 2.36 bits per heavy atom. The van der Waals surface area contributed by atoms with E-state index in [0.717, 1.165) is 19.3 Å². The lowest BCUT2D eigenvalue weighted by molar-refractivity contribution is -0.120. The number of hydrogen-bond donors (Lipinski definition) is 2. The van der Waals surface area contributed by atoms with Crippen molar-refractivity contribution in [3.8, 4) is 11.5 Å². The van der Waals surface area contributed by atoms with E-state index in [4.69, 9.17) is 9.47 Å². The minimum atomic E-state index is -0.345. The third-order valence-corrected chi connectivity index (χ3v) is 4.18. The molecule has 0 aliphatic heterocycles. The Morgan fingerprint density at radius 1 is 1.04 bits per heavy atom. The molecule has 6 heteroatoms. The van der Waals surface area contributed by atoms with Crippen molar-refractivity contribution >= 4 is 11.8 Å². The van der Waals surface area contributed by atoms with Gasteiger partial charge in [-0.2, -0.15) is 0 Å². The van der Waals surface area contributed by atoms with Crippen LogP contribution in [0.4, 0.5) is 0 Å². The summed E-state index contributed by atoms with van der Waals surface area (Å²) in [5.74, 6) is 0.506. The molecular weight excluding hydrogens is 320 g/mol. The van der Waals surface area contributed by atoms with E-state index in [9.17, 15) is 9.59 Å². The summed E-state index contributed by atoms with van der Waals surface area (Å²) in [7, 11) is 3.04. The van der Waals surface area contributed by atoms with Crippen LogP contribution in [0.5, 0.6) is 11.5 Å². The van der Waals surface area contributed by atoms with Gasteiger partial charge in [-0.25, -0.2) is 0 Å². The first kappa shape index (κ1) is 18.8. The Hall–Kier alpha value is -2.50. The Bertz CT molecular complexity index is 618. The average Bonchev–Trinajstić information content (AvgIpc) is 2.66. The summed E-state index contributed by atoms with van der Waals surface area (Å²) in [6, 6.07) is 4.89. The molecule has 136 valence electrons. The van der Waals surface area contributed by atoms with E-state index in [1.54, 1.807) is 18.2 Å². The molecule has 0 bridgehead atoms. The Labute approximate surface area is 148 Å². The molecule has 0 heterocycles. The Balaban J connectivity index is 1.77. The van der Waals surface area contributed by atoms with Gasteiger partial charge in [0.05, 0.1) is 20.8 Å². The van der Waals surface area contributed by atoms with E-state index in [-0.39, 0.29) is 18.4 Å². The predicted octanol–water partition coefficient (Wildman–Crippen LogP) is 2.44. The van der Waals surface area contributed by atoms with Crippen LogP contribution in [0.3, 0.4) is 0 Å². The van der Waals surface area contributed by atoms with E-state index in [1.165, 1.54) is 32.6 Å². The molecule has 0 unspecified atom stereocenters. The van der Waals surface area contributed by atoms with Gasteiger partial charge in [0, 0.05) is 18.2 Å². The number of rotatable bonds is 8. The molecule has 1 aliphatic carbocycles. The van der Waals surface area contributed by atoms with Crippen LogP contribution < -0.4 is 20.1 Å². The highest BCUT2D eigenvalue weighted by Gasteiger charge is 2.11. The van der Waals surface area contributed by atoms with Gasteiger partial charge in [-0.3, -0.25) is 9.59 Å². The summed E-state index contributed by atoms with van der Waals surface area (Å²) in [6.45, 7) is 0.547. The summed E-state index contributed by atoms with van der Waals surface area (Å²) in [6.07, 6.45) is 7.92. The number of benzene rings is 1. The molecule has 1 aliphatic rings. The third kappa shape index (κ3) is 6.14. The van der Waals surface area contributed by atoms with Crippen molar-refractivity contribution in [2.24, 2.45) is 0 Å². The summed E-state index contributed by atoms with van der Waals surface area (Å²) < 4.78 is 10.3. The molecule has 25 heavy (non-hydrogen) atoms. The molecule has 2 rings (SSSR count). The van der Waals surface area contributed by atoms with Gasteiger partial charge in [-0.15, -0.1) is 0 Å². The van der Waals surface area contributed by atoms with Crippen LogP contribution in [0.25, 0.3) is 0 Å². The van der Waals surface area contributed by atoms with Gasteiger partial charge in [-0.05, 0) is 44.2 Å². The van der Waals surface area contributed by atoms with Gasteiger partial charge in [0.15, 0.2) is 0 Å². The molecule has 0 saturated heterocycles. The van der Waals surface area contributed by atoms with Crippen LogP contribution in [0.2, 0.25) is 0 Å². The average molecular weight is 346 g/mol. The quantitative estimate of drug-likeness (QED) is 0.709. The van der Waals surface area contributed by atoms with Crippen molar-refractivity contribution in [3.05, 3.63) is 35.4 Å². The van der Waals surface area contributed by atoms with Gasteiger partial charge in [0.1, 0.15) is 11.5 Å². The number of methoxy groups -OCH3 is 2. The smallest absolute Gasteiger partial charge is 0.251 e. The fourth-order valence-electron chi connectivity index (χ4n) is 2.76. The van der Waals surface area contributed by atoms with E-state index < -0.39 is 0 Å². The second kappa shape index (κ2) is 9.71. The molecule has 1 aromatic carbocycles. The van der Waals surface area contributed by atoms with E-state index in [0.29, 0.717) is 23.6 Å². The predicted molar refractivity (Wildman–Crippen MR) is 96.1 cm³/mol. The number of nitrogens with one attached hydrogen (secondary N) is 2. The first-order chi connectivity index (χ1) is 12.1. The lowest BCUT2D eigenvalue weighted by atomic mass is 9.97. The molecule has 6 nitrogen and oxygen atoms in total. The minimum absolute atomic E-state index is 0.0581. The maximum atomic E-state index is 12.2. The molecule has 0 atom stereocenters. The second-order valence-electron chi connectivity index (χ2n) is 5.99. The monoisotopic (exact) mass is 346 g/mol. The summed E-state index contributed by atoms with van der Waals surface area (Å²) >= 11 is 0. The maximum Gasteiger partial charge on any atom is 0.251 e. The molecule has 0 spiro atoms. The van der Waals surface area contributed by atoms with Crippen molar-refractivity contribution in [3.63, 3.8) is 0 Å². The van der Waals surface area contributed by atoms with Gasteiger partial charge in [0.2, 0.25) is 5.91 Å². The van der Waals surface area contributed by atoms with E-state index in [1.807, 2.05) is 0 Å². The second-order valence-corrected chi connectivity index (χ2v) is 5.99. The fraction of sp³-hybridized carbons (Fsp3) is 0.474. The van der Waals surface area contributed by atoms with Gasteiger partial charge in [0.25, 0.3) is 5.91 Å². The largest absolute Gasteiger partial charge is 0.497 e. The van der Waals surface area contributed by atoms with Crippen molar-refractivity contribution < 1.29 is 19.1 Å². The number of amides is 2. The number of hydrogen-bond acceptors (Lipinski definition) is 4. The van der Waals surface area contributed by atoms with Crippen molar-refractivity contribution in [1.29, 1.82) is 0 Å². The van der Waals surface area contributed by atoms with Crippen molar-refractivity contribution in [2.45, 2.75) is 32.1 Å². The van der Waals surface area contributed by atoms with E-state index >= 15 is 0 Å². The molecule has 0 radical (unpaired) electrons. The minimum Gasteiger partial charge on any atom is -0.497 e. The van der Waals surface area contributed by atoms with Gasteiger partial charge >= 0.3 is 0 Å². The number of carbonyl (C=O) groups excluding carboxylic acids is 2. The number of allylic oxidation sites excluding steroid dienone is 1. The first-order valence-corrected chi connectivity index (χ1v) is 8.58. The van der Waals surface area contributed by atoms with Crippen LogP contribution in [0, 0.1) is 0 Å². The molecule has 0 fully saturated rings. The molecule has 0 aromatic heterocycles. The van der Waals surface area contributed by atoms with Crippen LogP contribution in [0.15, 0.2) is 29.8 Å². The molecule has 1 aromatic rings. The third-order valence-electron chi connectivity index (χ3n) is 4.18. The van der Waals surface area contributed by atoms with Gasteiger partial charge in [-0.1, -0.05) is 11.6 Å². The van der Waals surface area contributed by atoms with Gasteiger partial charge < -0.3 is 20.1 Å². The zero-order chi connectivity index (χ0) is 18.1. The van der Waals surface area contributed by atoms with Crippen LogP contribution in [-0.4, -0.2) is 39.1 Å². The van der Waals surface area contributed by atoms with Crippen LogP contribution in [-0.2, 0) is 4.79 Å². The highest BCUT2D eigenvalue weighted by molar-refractivity contribution is 5.97. The highest BCUT2D eigenvalue weighted by atomic mass is 16.5.